The molecule has 0 spiro atoms. The summed E-state index contributed by atoms with van der Waals surface area (Å²) in [6.45, 7) is 0. The van der Waals surface area contributed by atoms with Gasteiger partial charge in [-0.2, -0.15) is 4.98 Å². The van der Waals surface area contributed by atoms with Crippen molar-refractivity contribution in [2.45, 2.75) is 12.8 Å². The maximum atomic E-state index is 9.72. The first kappa shape index (κ1) is 14.1. The van der Waals surface area contributed by atoms with Crippen molar-refractivity contribution in [1.29, 1.82) is 0 Å². The number of halogens is 1. The van der Waals surface area contributed by atoms with Crippen molar-refractivity contribution in [3.63, 3.8) is 0 Å². The van der Waals surface area contributed by atoms with Crippen molar-refractivity contribution < 1.29 is 9.63 Å². The average Bonchev–Trinajstić information content (AvgIpc) is 2.98. The summed E-state index contributed by atoms with van der Waals surface area (Å²) in [6.07, 6.45) is 1.60. The number of aromatic hydroxyl groups is 1. The van der Waals surface area contributed by atoms with E-state index in [-0.39, 0.29) is 5.75 Å². The summed E-state index contributed by atoms with van der Waals surface area (Å²) in [5, 5.41) is 13.7. The van der Waals surface area contributed by atoms with Gasteiger partial charge in [-0.15, -0.1) is 0 Å². The molecule has 0 aliphatic rings. The quantitative estimate of drug-likeness (QED) is 0.686. The fraction of sp³-hybridized carbons (Fsp3) is 0.125. The van der Waals surface area contributed by atoms with E-state index in [1.54, 1.807) is 6.07 Å². The van der Waals surface area contributed by atoms with Crippen molar-refractivity contribution in [3.05, 3.63) is 63.5 Å². The van der Waals surface area contributed by atoms with E-state index in [1.165, 1.54) is 5.56 Å². The molecule has 0 saturated carbocycles. The van der Waals surface area contributed by atoms with Gasteiger partial charge in [-0.1, -0.05) is 35.5 Å². The smallest absolute Gasteiger partial charge is 0.258 e. The largest absolute Gasteiger partial charge is 0.507 e. The van der Waals surface area contributed by atoms with E-state index in [9.17, 15) is 5.11 Å². The minimum absolute atomic E-state index is 0.220. The average molecular weight is 392 g/mol. The molecule has 1 heterocycles. The minimum Gasteiger partial charge on any atom is -0.507 e. The summed E-state index contributed by atoms with van der Waals surface area (Å²) in [5.41, 5.74) is 1.97. The predicted octanol–water partition coefficient (Wildman–Crippen LogP) is 3.83. The van der Waals surface area contributed by atoms with Gasteiger partial charge in [-0.05, 0) is 52.8 Å². The van der Waals surface area contributed by atoms with Crippen LogP contribution >= 0.6 is 22.6 Å². The van der Waals surface area contributed by atoms with Crippen molar-refractivity contribution in [1.82, 2.24) is 10.1 Å². The second-order valence-corrected chi connectivity index (χ2v) is 5.83. The monoisotopic (exact) mass is 392 g/mol. The van der Waals surface area contributed by atoms with E-state index in [0.717, 1.165) is 22.0 Å². The number of aromatic nitrogens is 2. The summed E-state index contributed by atoms with van der Waals surface area (Å²) in [5.74, 6) is 1.33. The van der Waals surface area contributed by atoms with Crippen LogP contribution in [0.3, 0.4) is 0 Å². The molecule has 106 valence electrons. The second-order valence-electron chi connectivity index (χ2n) is 4.67. The summed E-state index contributed by atoms with van der Waals surface area (Å²) in [6, 6.07) is 15.5. The molecule has 0 aliphatic heterocycles. The molecule has 3 aromatic rings. The maximum absolute atomic E-state index is 9.72. The zero-order valence-corrected chi connectivity index (χ0v) is 13.3. The third-order valence-electron chi connectivity index (χ3n) is 3.14. The molecular formula is C16H13IN2O2. The first-order valence-corrected chi connectivity index (χ1v) is 7.65. The minimum atomic E-state index is 0.220. The third kappa shape index (κ3) is 3.41. The molecule has 2 aromatic carbocycles. The molecule has 3 rings (SSSR count). The Morgan fingerprint density at radius 3 is 2.62 bits per heavy atom. The van der Waals surface area contributed by atoms with E-state index < -0.39 is 0 Å². The van der Waals surface area contributed by atoms with Crippen LogP contribution in [0.25, 0.3) is 11.5 Å². The van der Waals surface area contributed by atoms with Gasteiger partial charge >= 0.3 is 0 Å². The Morgan fingerprint density at radius 1 is 1.05 bits per heavy atom. The summed E-state index contributed by atoms with van der Waals surface area (Å²) in [7, 11) is 0. The molecule has 0 amide bonds. The SMILES string of the molecule is Oc1cc(-c2nc(CCc3ccccc3)no2)ccc1I. The van der Waals surface area contributed by atoms with E-state index in [0.29, 0.717) is 11.7 Å². The van der Waals surface area contributed by atoms with Gasteiger partial charge in [0.1, 0.15) is 5.75 Å². The molecule has 0 aliphatic carbocycles. The zero-order valence-electron chi connectivity index (χ0n) is 11.2. The highest BCUT2D eigenvalue weighted by Gasteiger charge is 2.10. The molecule has 0 fully saturated rings. The molecule has 0 radical (unpaired) electrons. The topological polar surface area (TPSA) is 59.2 Å². The molecule has 4 nitrogen and oxygen atoms in total. The van der Waals surface area contributed by atoms with Crippen LogP contribution in [-0.4, -0.2) is 15.2 Å². The van der Waals surface area contributed by atoms with Crippen LogP contribution in [0.4, 0.5) is 0 Å². The molecule has 21 heavy (non-hydrogen) atoms. The highest BCUT2D eigenvalue weighted by atomic mass is 127. The van der Waals surface area contributed by atoms with Crippen molar-refractivity contribution >= 4 is 22.6 Å². The number of hydrogen-bond acceptors (Lipinski definition) is 4. The van der Waals surface area contributed by atoms with Gasteiger partial charge in [-0.3, -0.25) is 0 Å². The Kier molecular flexibility index (Phi) is 4.19. The maximum Gasteiger partial charge on any atom is 0.258 e. The van der Waals surface area contributed by atoms with E-state index >= 15 is 0 Å². The van der Waals surface area contributed by atoms with E-state index in [1.807, 2.05) is 30.3 Å². The summed E-state index contributed by atoms with van der Waals surface area (Å²) in [4.78, 5) is 4.38. The van der Waals surface area contributed by atoms with Crippen molar-refractivity contribution in [3.8, 4) is 17.2 Å². The standard InChI is InChI=1S/C16H13IN2O2/c17-13-8-7-12(10-14(13)20)16-18-15(19-21-16)9-6-11-4-2-1-3-5-11/h1-5,7-8,10,20H,6,9H2. The summed E-state index contributed by atoms with van der Waals surface area (Å²) >= 11 is 2.07. The number of phenolic OH excluding ortho intramolecular Hbond substituents is 1. The highest BCUT2D eigenvalue weighted by molar-refractivity contribution is 14.1. The first-order valence-electron chi connectivity index (χ1n) is 6.58. The first-order chi connectivity index (χ1) is 10.2. The number of phenols is 1. The number of rotatable bonds is 4. The Balaban J connectivity index is 1.72. The molecule has 5 heteroatoms. The molecule has 0 saturated heterocycles. The van der Waals surface area contributed by atoms with Gasteiger partial charge in [0, 0.05) is 12.0 Å². The lowest BCUT2D eigenvalue weighted by Crippen LogP contribution is -1.93. The van der Waals surface area contributed by atoms with Gasteiger partial charge in [0.25, 0.3) is 5.89 Å². The number of hydrogen-bond donors (Lipinski definition) is 1. The Hall–Kier alpha value is -1.89. The van der Waals surface area contributed by atoms with Crippen LogP contribution in [0.15, 0.2) is 53.1 Å². The normalized spacial score (nSPS) is 10.7. The van der Waals surface area contributed by atoms with Crippen LogP contribution < -0.4 is 0 Å². The van der Waals surface area contributed by atoms with Crippen molar-refractivity contribution in [2.75, 3.05) is 0 Å². The van der Waals surface area contributed by atoms with Crippen LogP contribution in [-0.2, 0) is 12.8 Å². The molecule has 0 atom stereocenters. The predicted molar refractivity (Wildman–Crippen MR) is 88.0 cm³/mol. The Labute approximate surface area is 136 Å². The highest BCUT2D eigenvalue weighted by Crippen LogP contribution is 2.26. The molecule has 1 aromatic heterocycles. The van der Waals surface area contributed by atoms with Crippen LogP contribution in [0.1, 0.15) is 11.4 Å². The van der Waals surface area contributed by atoms with Crippen LogP contribution in [0, 0.1) is 3.57 Å². The van der Waals surface area contributed by atoms with Gasteiger partial charge < -0.3 is 9.63 Å². The van der Waals surface area contributed by atoms with Gasteiger partial charge in [0.15, 0.2) is 5.82 Å². The van der Waals surface area contributed by atoms with Crippen molar-refractivity contribution in [2.24, 2.45) is 0 Å². The van der Waals surface area contributed by atoms with E-state index in [4.69, 9.17) is 4.52 Å². The molecule has 0 unspecified atom stereocenters. The third-order valence-corrected chi connectivity index (χ3v) is 4.05. The van der Waals surface area contributed by atoms with Crippen LogP contribution in [0.2, 0.25) is 0 Å². The van der Waals surface area contributed by atoms with Crippen LogP contribution in [0.5, 0.6) is 5.75 Å². The fourth-order valence-electron chi connectivity index (χ4n) is 2.02. The summed E-state index contributed by atoms with van der Waals surface area (Å²) < 4.78 is 6.05. The van der Waals surface area contributed by atoms with Gasteiger partial charge in [0.2, 0.25) is 0 Å². The number of nitrogens with zero attached hydrogens (tertiary/aromatic N) is 2. The number of aryl methyl sites for hydroxylation is 2. The van der Waals surface area contributed by atoms with Gasteiger partial charge in [0.05, 0.1) is 3.57 Å². The van der Waals surface area contributed by atoms with Gasteiger partial charge in [-0.25, -0.2) is 0 Å². The molecule has 0 bridgehead atoms. The lowest BCUT2D eigenvalue weighted by Gasteiger charge is -1.98. The zero-order chi connectivity index (χ0) is 14.7. The fourth-order valence-corrected chi connectivity index (χ4v) is 2.35. The lowest BCUT2D eigenvalue weighted by atomic mass is 10.1. The molecular weight excluding hydrogens is 379 g/mol. The molecule has 1 N–H and O–H groups in total. The lowest BCUT2D eigenvalue weighted by molar-refractivity contribution is 0.421. The van der Waals surface area contributed by atoms with E-state index in [2.05, 4.69) is 44.9 Å². The Bertz CT molecular complexity index is 741. The number of benzene rings is 2. The second kappa shape index (κ2) is 6.26. The Morgan fingerprint density at radius 2 is 1.86 bits per heavy atom.